The summed E-state index contributed by atoms with van der Waals surface area (Å²) in [5.41, 5.74) is 6.15. The lowest BCUT2D eigenvalue weighted by atomic mass is 9.93. The first-order valence-corrected chi connectivity index (χ1v) is 7.02. The molecule has 1 aromatic rings. The Kier molecular flexibility index (Phi) is 4.43. The van der Waals surface area contributed by atoms with Crippen LogP contribution in [0.1, 0.15) is 32.8 Å². The van der Waals surface area contributed by atoms with Gasteiger partial charge in [-0.25, -0.2) is 0 Å². The Morgan fingerprint density at radius 1 is 1.26 bits per heavy atom. The highest BCUT2D eigenvalue weighted by Gasteiger charge is 2.21. The summed E-state index contributed by atoms with van der Waals surface area (Å²) < 4.78 is 0. The molecule has 0 bridgehead atoms. The van der Waals surface area contributed by atoms with Crippen molar-refractivity contribution in [3.05, 3.63) is 29.8 Å². The van der Waals surface area contributed by atoms with E-state index in [0.717, 1.165) is 24.4 Å². The van der Waals surface area contributed by atoms with Crippen LogP contribution in [-0.4, -0.2) is 30.1 Å². The minimum absolute atomic E-state index is 0.274. The summed E-state index contributed by atoms with van der Waals surface area (Å²) in [5, 5.41) is 13.8. The third-order valence-electron chi connectivity index (χ3n) is 3.67. The molecule has 2 rings (SSSR count). The van der Waals surface area contributed by atoms with Gasteiger partial charge in [0, 0.05) is 31.1 Å². The zero-order valence-electron chi connectivity index (χ0n) is 11.9. The molecular weight excluding hydrogens is 238 g/mol. The van der Waals surface area contributed by atoms with Crippen molar-refractivity contribution in [2.24, 2.45) is 11.0 Å². The van der Waals surface area contributed by atoms with E-state index in [1.807, 2.05) is 0 Å². The second-order valence-corrected chi connectivity index (χ2v) is 5.00. The van der Waals surface area contributed by atoms with Crippen LogP contribution in [0.5, 0.6) is 0 Å². The van der Waals surface area contributed by atoms with Crippen molar-refractivity contribution in [2.45, 2.75) is 33.4 Å². The predicted molar refractivity (Wildman–Crippen MR) is 79.5 cm³/mol. The molecule has 0 saturated heterocycles. The van der Waals surface area contributed by atoms with Crippen molar-refractivity contribution in [1.82, 2.24) is 5.43 Å². The van der Waals surface area contributed by atoms with Gasteiger partial charge in [-0.2, -0.15) is 5.10 Å². The van der Waals surface area contributed by atoms with Crippen LogP contribution in [0.3, 0.4) is 0 Å². The van der Waals surface area contributed by atoms with Gasteiger partial charge in [0.25, 0.3) is 0 Å². The number of aliphatic hydroxyl groups excluding tert-OH is 1. The number of hydrogen-bond acceptors (Lipinski definition) is 4. The van der Waals surface area contributed by atoms with Crippen LogP contribution in [0.15, 0.2) is 29.4 Å². The number of hydrazone groups is 1. The van der Waals surface area contributed by atoms with Gasteiger partial charge in [0.15, 0.2) is 0 Å². The maximum absolute atomic E-state index is 9.50. The molecule has 0 aliphatic carbocycles. The summed E-state index contributed by atoms with van der Waals surface area (Å²) in [5.74, 6) is 0.274. The van der Waals surface area contributed by atoms with E-state index < -0.39 is 6.23 Å². The molecule has 4 nitrogen and oxygen atoms in total. The summed E-state index contributed by atoms with van der Waals surface area (Å²) in [7, 11) is 0. The van der Waals surface area contributed by atoms with Gasteiger partial charge in [0.05, 0.1) is 5.71 Å². The monoisotopic (exact) mass is 261 g/mol. The Hall–Kier alpha value is -1.55. The fraction of sp³-hybridized carbons (Fsp3) is 0.533. The van der Waals surface area contributed by atoms with E-state index in [1.54, 1.807) is 0 Å². The lowest BCUT2D eigenvalue weighted by Crippen LogP contribution is -2.35. The van der Waals surface area contributed by atoms with E-state index in [4.69, 9.17) is 0 Å². The second kappa shape index (κ2) is 6.06. The third-order valence-corrected chi connectivity index (χ3v) is 3.67. The first-order valence-electron chi connectivity index (χ1n) is 7.02. The number of anilines is 1. The van der Waals surface area contributed by atoms with Crippen LogP contribution >= 0.6 is 0 Å². The van der Waals surface area contributed by atoms with Crippen LogP contribution < -0.4 is 10.3 Å². The molecular formula is C15H23N3O. The average molecular weight is 261 g/mol. The zero-order valence-corrected chi connectivity index (χ0v) is 11.9. The predicted octanol–water partition coefficient (Wildman–Crippen LogP) is 2.18. The number of nitrogens with zero attached hydrogens (tertiary/aromatic N) is 2. The zero-order chi connectivity index (χ0) is 13.8. The summed E-state index contributed by atoms with van der Waals surface area (Å²) >= 11 is 0. The highest BCUT2D eigenvalue weighted by molar-refractivity contribution is 6.02. The minimum Gasteiger partial charge on any atom is -0.372 e. The second-order valence-electron chi connectivity index (χ2n) is 5.00. The van der Waals surface area contributed by atoms with E-state index in [0.29, 0.717) is 6.42 Å². The van der Waals surface area contributed by atoms with Gasteiger partial charge >= 0.3 is 0 Å². The van der Waals surface area contributed by atoms with E-state index >= 15 is 0 Å². The van der Waals surface area contributed by atoms with Crippen molar-refractivity contribution in [3.63, 3.8) is 0 Å². The molecule has 0 amide bonds. The first-order chi connectivity index (χ1) is 9.15. The molecule has 0 radical (unpaired) electrons. The fourth-order valence-corrected chi connectivity index (χ4v) is 2.53. The third kappa shape index (κ3) is 3.07. The van der Waals surface area contributed by atoms with Crippen molar-refractivity contribution < 1.29 is 5.11 Å². The molecule has 2 N–H and O–H groups in total. The SMILES string of the molecule is CCN(CC)c1ccc(C2=NNC(O)C[C@H]2C)cc1. The van der Waals surface area contributed by atoms with E-state index in [1.165, 1.54) is 5.69 Å². The van der Waals surface area contributed by atoms with Gasteiger partial charge in [-0.3, -0.25) is 5.43 Å². The summed E-state index contributed by atoms with van der Waals surface area (Å²) in [6.07, 6.45) is 0.185. The first kappa shape index (κ1) is 13.9. The lowest BCUT2D eigenvalue weighted by molar-refractivity contribution is 0.114. The molecule has 0 spiro atoms. The smallest absolute Gasteiger partial charge is 0.140 e. The largest absolute Gasteiger partial charge is 0.372 e. The molecule has 1 aliphatic rings. The van der Waals surface area contributed by atoms with Crippen molar-refractivity contribution >= 4 is 11.4 Å². The molecule has 104 valence electrons. The standard InChI is InChI=1S/C15H23N3O/c1-4-18(5-2)13-8-6-12(7-9-13)15-11(3)10-14(19)16-17-15/h6-9,11,14,16,19H,4-5,10H2,1-3H3/t11-,14?/m1/s1. The molecule has 0 aromatic heterocycles. The van der Waals surface area contributed by atoms with Crippen molar-refractivity contribution in [2.75, 3.05) is 18.0 Å². The molecule has 1 aliphatic heterocycles. The number of hydrogen-bond donors (Lipinski definition) is 2. The maximum atomic E-state index is 9.50. The van der Waals surface area contributed by atoms with Gasteiger partial charge in [-0.05, 0) is 31.5 Å². The van der Waals surface area contributed by atoms with Gasteiger partial charge in [0.2, 0.25) is 0 Å². The fourth-order valence-electron chi connectivity index (χ4n) is 2.53. The molecule has 0 saturated carbocycles. The Balaban J connectivity index is 2.19. The molecule has 0 fully saturated rings. The molecule has 4 heteroatoms. The Labute approximate surface area is 115 Å². The van der Waals surface area contributed by atoms with Crippen molar-refractivity contribution in [3.8, 4) is 0 Å². The van der Waals surface area contributed by atoms with Gasteiger partial charge in [0.1, 0.15) is 6.23 Å². The summed E-state index contributed by atoms with van der Waals surface area (Å²) in [6.45, 7) is 8.45. The molecule has 1 aromatic carbocycles. The van der Waals surface area contributed by atoms with E-state index in [2.05, 4.69) is 60.5 Å². The molecule has 2 atom stereocenters. The highest BCUT2D eigenvalue weighted by Crippen LogP contribution is 2.21. The van der Waals surface area contributed by atoms with Crippen LogP contribution in [-0.2, 0) is 0 Å². The normalized spacial score (nSPS) is 22.6. The minimum atomic E-state index is -0.520. The van der Waals surface area contributed by atoms with Gasteiger partial charge in [-0.1, -0.05) is 19.1 Å². The number of rotatable bonds is 4. The highest BCUT2D eigenvalue weighted by atomic mass is 16.3. The Morgan fingerprint density at radius 3 is 2.42 bits per heavy atom. The van der Waals surface area contributed by atoms with Gasteiger partial charge in [-0.15, -0.1) is 0 Å². The Morgan fingerprint density at radius 2 is 1.89 bits per heavy atom. The quantitative estimate of drug-likeness (QED) is 0.873. The number of aliphatic hydroxyl groups is 1. The Bertz CT molecular complexity index is 437. The molecule has 19 heavy (non-hydrogen) atoms. The van der Waals surface area contributed by atoms with E-state index in [-0.39, 0.29) is 5.92 Å². The van der Waals surface area contributed by atoms with Gasteiger partial charge < -0.3 is 10.0 Å². The van der Waals surface area contributed by atoms with Crippen LogP contribution in [0.4, 0.5) is 5.69 Å². The van der Waals surface area contributed by atoms with Crippen LogP contribution in [0.25, 0.3) is 0 Å². The number of nitrogens with one attached hydrogen (secondary N) is 1. The summed E-state index contributed by atoms with van der Waals surface area (Å²) in [4.78, 5) is 2.32. The number of benzene rings is 1. The average Bonchev–Trinajstić information content (AvgIpc) is 2.41. The van der Waals surface area contributed by atoms with E-state index in [9.17, 15) is 5.11 Å². The molecule has 1 heterocycles. The topological polar surface area (TPSA) is 47.9 Å². The maximum Gasteiger partial charge on any atom is 0.140 e. The van der Waals surface area contributed by atoms with Crippen LogP contribution in [0.2, 0.25) is 0 Å². The summed E-state index contributed by atoms with van der Waals surface area (Å²) in [6, 6.07) is 8.51. The van der Waals surface area contributed by atoms with Crippen LogP contribution in [0, 0.1) is 5.92 Å². The van der Waals surface area contributed by atoms with Crippen molar-refractivity contribution in [1.29, 1.82) is 0 Å². The molecule has 1 unspecified atom stereocenters. The lowest BCUT2D eigenvalue weighted by Gasteiger charge is -2.25.